The van der Waals surface area contributed by atoms with Crippen molar-refractivity contribution in [1.29, 1.82) is 0 Å². The number of benzene rings is 1. The zero-order valence-electron chi connectivity index (χ0n) is 7.16. The average molecular weight is 188 g/mol. The van der Waals surface area contributed by atoms with Crippen molar-refractivity contribution in [2.75, 3.05) is 6.61 Å². The number of rotatable bonds is 2. The molecule has 0 aliphatic rings. The Balaban J connectivity index is 0.000000261. The van der Waals surface area contributed by atoms with E-state index in [1.54, 1.807) is 0 Å². The second-order valence-electron chi connectivity index (χ2n) is 2.07. The number of nitrogens with two attached hydrogens (primary N) is 1. The fourth-order valence-corrected chi connectivity index (χ4v) is 0.745. The summed E-state index contributed by atoms with van der Waals surface area (Å²) in [4.78, 5) is 4.04. The summed E-state index contributed by atoms with van der Waals surface area (Å²) in [5.74, 6) is 5.14. The highest BCUT2D eigenvalue weighted by molar-refractivity contribution is 6.17. The summed E-state index contributed by atoms with van der Waals surface area (Å²) in [6.07, 6.45) is 0. The second kappa shape index (κ2) is 8.53. The smallest absolute Gasteiger partial charge is 0.0651 e. The number of halogens is 1. The van der Waals surface area contributed by atoms with Crippen molar-refractivity contribution in [1.82, 2.24) is 0 Å². The molecule has 1 rings (SSSR count). The van der Waals surface area contributed by atoms with Gasteiger partial charge in [-0.05, 0) is 12.5 Å². The molecule has 0 amide bonds. The standard InChI is InChI=1S/C7H7Cl.C2H7NO/c8-6-7-4-2-1-3-5-7;1-2-4-3/h1-5H,6H2;2-3H2,1H3. The Hall–Kier alpha value is -0.570. The van der Waals surface area contributed by atoms with Crippen molar-refractivity contribution >= 4 is 11.6 Å². The van der Waals surface area contributed by atoms with Crippen LogP contribution < -0.4 is 5.90 Å². The van der Waals surface area contributed by atoms with Gasteiger partial charge in [-0.15, -0.1) is 11.6 Å². The molecule has 0 bridgehead atoms. The topological polar surface area (TPSA) is 35.2 Å². The van der Waals surface area contributed by atoms with Gasteiger partial charge in [0.15, 0.2) is 0 Å². The Morgan fingerprint density at radius 2 is 1.83 bits per heavy atom. The van der Waals surface area contributed by atoms with Crippen LogP contribution in [0.15, 0.2) is 30.3 Å². The minimum atomic E-state index is 0.597. The van der Waals surface area contributed by atoms with Crippen LogP contribution >= 0.6 is 11.6 Å². The fourth-order valence-electron chi connectivity index (χ4n) is 0.567. The van der Waals surface area contributed by atoms with Crippen LogP contribution in [0.5, 0.6) is 0 Å². The SMILES string of the molecule is CCON.ClCc1ccccc1. The minimum Gasteiger partial charge on any atom is -0.305 e. The van der Waals surface area contributed by atoms with Gasteiger partial charge in [0.05, 0.1) is 6.61 Å². The van der Waals surface area contributed by atoms with E-state index in [9.17, 15) is 0 Å². The maximum Gasteiger partial charge on any atom is 0.0651 e. The van der Waals surface area contributed by atoms with Crippen LogP contribution in [0.25, 0.3) is 0 Å². The van der Waals surface area contributed by atoms with Gasteiger partial charge in [-0.3, -0.25) is 0 Å². The maximum atomic E-state index is 5.53. The summed E-state index contributed by atoms with van der Waals surface area (Å²) in [7, 11) is 0. The van der Waals surface area contributed by atoms with Crippen LogP contribution in [-0.4, -0.2) is 6.61 Å². The molecule has 1 aromatic carbocycles. The molecular formula is C9H14ClNO. The number of hydrogen-bond donors (Lipinski definition) is 1. The molecule has 68 valence electrons. The van der Waals surface area contributed by atoms with Gasteiger partial charge in [-0.1, -0.05) is 30.3 Å². The molecule has 2 nitrogen and oxygen atoms in total. The molecule has 0 saturated carbocycles. The lowest BCUT2D eigenvalue weighted by Crippen LogP contribution is -1.94. The summed E-state index contributed by atoms with van der Waals surface area (Å²) >= 11 is 5.53. The molecule has 0 fully saturated rings. The molecule has 0 spiro atoms. The molecule has 1 aromatic rings. The first-order valence-corrected chi connectivity index (χ1v) is 4.30. The first-order chi connectivity index (χ1) is 5.85. The van der Waals surface area contributed by atoms with Crippen molar-refractivity contribution in [3.63, 3.8) is 0 Å². The van der Waals surface area contributed by atoms with Crippen molar-refractivity contribution in [3.8, 4) is 0 Å². The first-order valence-electron chi connectivity index (χ1n) is 3.76. The highest BCUT2D eigenvalue weighted by atomic mass is 35.5. The van der Waals surface area contributed by atoms with Crippen molar-refractivity contribution in [2.45, 2.75) is 12.8 Å². The summed E-state index contributed by atoms with van der Waals surface area (Å²) in [6.45, 7) is 2.43. The van der Waals surface area contributed by atoms with E-state index in [1.807, 2.05) is 37.3 Å². The third-order valence-electron chi connectivity index (χ3n) is 1.16. The van der Waals surface area contributed by atoms with Crippen LogP contribution in [0.1, 0.15) is 12.5 Å². The fraction of sp³-hybridized carbons (Fsp3) is 0.333. The summed E-state index contributed by atoms with van der Waals surface area (Å²) in [6, 6.07) is 9.96. The summed E-state index contributed by atoms with van der Waals surface area (Å²) in [5.41, 5.74) is 1.18. The normalized spacial score (nSPS) is 8.58. The van der Waals surface area contributed by atoms with Gasteiger partial charge in [-0.2, -0.15) is 0 Å². The van der Waals surface area contributed by atoms with Crippen LogP contribution in [0.2, 0.25) is 0 Å². The maximum absolute atomic E-state index is 5.53. The monoisotopic (exact) mass is 187 g/mol. The molecule has 0 radical (unpaired) electrons. The Morgan fingerprint density at radius 3 is 2.08 bits per heavy atom. The van der Waals surface area contributed by atoms with E-state index in [2.05, 4.69) is 10.7 Å². The molecular weight excluding hydrogens is 174 g/mol. The molecule has 0 saturated heterocycles. The second-order valence-corrected chi connectivity index (χ2v) is 2.34. The van der Waals surface area contributed by atoms with Gasteiger partial charge in [0.25, 0.3) is 0 Å². The first kappa shape index (κ1) is 11.4. The van der Waals surface area contributed by atoms with Crippen LogP contribution in [0, 0.1) is 0 Å². The Morgan fingerprint density at radius 1 is 1.33 bits per heavy atom. The van der Waals surface area contributed by atoms with E-state index in [1.165, 1.54) is 5.56 Å². The van der Waals surface area contributed by atoms with Gasteiger partial charge in [-0.25, -0.2) is 5.90 Å². The van der Waals surface area contributed by atoms with Gasteiger partial charge in [0.1, 0.15) is 0 Å². The molecule has 0 unspecified atom stereocenters. The van der Waals surface area contributed by atoms with Gasteiger partial charge >= 0.3 is 0 Å². The van der Waals surface area contributed by atoms with Crippen LogP contribution in [0.3, 0.4) is 0 Å². The minimum absolute atomic E-state index is 0.597. The predicted molar refractivity (Wildman–Crippen MR) is 51.8 cm³/mol. The lowest BCUT2D eigenvalue weighted by molar-refractivity contribution is 0.152. The highest BCUT2D eigenvalue weighted by Crippen LogP contribution is 2.00. The Bertz CT molecular complexity index is 177. The lowest BCUT2D eigenvalue weighted by atomic mass is 10.2. The summed E-state index contributed by atoms with van der Waals surface area (Å²) < 4.78 is 0. The van der Waals surface area contributed by atoms with Gasteiger partial charge in [0.2, 0.25) is 0 Å². The lowest BCUT2D eigenvalue weighted by Gasteiger charge is -1.88. The van der Waals surface area contributed by atoms with Crippen LogP contribution in [-0.2, 0) is 10.7 Å². The van der Waals surface area contributed by atoms with Gasteiger partial charge in [0, 0.05) is 5.88 Å². The molecule has 0 atom stereocenters. The van der Waals surface area contributed by atoms with E-state index in [0.29, 0.717) is 12.5 Å². The van der Waals surface area contributed by atoms with E-state index < -0.39 is 0 Å². The Labute approximate surface area is 78.2 Å². The number of alkyl halides is 1. The molecule has 0 heterocycles. The molecule has 2 N–H and O–H groups in total. The Kier molecular flexibility index (Phi) is 8.12. The van der Waals surface area contributed by atoms with Crippen LogP contribution in [0.4, 0.5) is 0 Å². The van der Waals surface area contributed by atoms with Crippen molar-refractivity contribution in [2.24, 2.45) is 5.90 Å². The largest absolute Gasteiger partial charge is 0.305 e. The van der Waals surface area contributed by atoms with E-state index >= 15 is 0 Å². The zero-order chi connectivity index (χ0) is 9.23. The molecule has 3 heteroatoms. The molecule has 0 aromatic heterocycles. The zero-order valence-corrected chi connectivity index (χ0v) is 7.92. The third kappa shape index (κ3) is 6.16. The van der Waals surface area contributed by atoms with E-state index in [0.717, 1.165) is 0 Å². The molecule has 0 aliphatic heterocycles. The number of hydrogen-bond acceptors (Lipinski definition) is 2. The quantitative estimate of drug-likeness (QED) is 0.570. The van der Waals surface area contributed by atoms with E-state index in [-0.39, 0.29) is 0 Å². The van der Waals surface area contributed by atoms with E-state index in [4.69, 9.17) is 11.6 Å². The average Bonchev–Trinajstić information content (AvgIpc) is 2.19. The predicted octanol–water partition coefficient (Wildman–Crippen LogP) is 2.32. The van der Waals surface area contributed by atoms with Gasteiger partial charge < -0.3 is 4.84 Å². The highest BCUT2D eigenvalue weighted by Gasteiger charge is 1.81. The van der Waals surface area contributed by atoms with Crippen molar-refractivity contribution < 1.29 is 4.84 Å². The summed E-state index contributed by atoms with van der Waals surface area (Å²) in [5, 5.41) is 0. The molecule has 12 heavy (non-hydrogen) atoms. The third-order valence-corrected chi connectivity index (χ3v) is 1.47. The molecule has 0 aliphatic carbocycles. The van der Waals surface area contributed by atoms with Crippen molar-refractivity contribution in [3.05, 3.63) is 35.9 Å².